The van der Waals surface area contributed by atoms with Crippen LogP contribution in [-0.4, -0.2) is 66.1 Å². The first-order valence-corrected chi connectivity index (χ1v) is 18.7. The molecule has 8 atom stereocenters. The van der Waals surface area contributed by atoms with Crippen molar-refractivity contribution in [2.45, 2.75) is 90.1 Å². The molecule has 6 aliphatic rings. The lowest BCUT2D eigenvalue weighted by atomic mass is 9.32. The number of hydrogen-bond donors (Lipinski definition) is 2. The highest BCUT2D eigenvalue weighted by atomic mass is 19.4. The van der Waals surface area contributed by atoms with Gasteiger partial charge in [-0.25, -0.2) is 4.79 Å². The summed E-state index contributed by atoms with van der Waals surface area (Å²) in [6, 6.07) is 9.96. The number of amides is 1. The van der Waals surface area contributed by atoms with Gasteiger partial charge >= 0.3 is 12.3 Å². The molecule has 2 N–H and O–H groups in total. The summed E-state index contributed by atoms with van der Waals surface area (Å²) in [6.07, 6.45) is 4.45. The van der Waals surface area contributed by atoms with Crippen LogP contribution in [0.4, 0.5) is 18.0 Å². The maximum absolute atomic E-state index is 14.8. The quantitative estimate of drug-likeness (QED) is 0.198. The molecule has 8 nitrogen and oxygen atoms in total. The Morgan fingerprint density at radius 3 is 2.36 bits per heavy atom. The molecule has 0 aromatic heterocycles. The van der Waals surface area contributed by atoms with Crippen LogP contribution in [0.15, 0.2) is 66.3 Å². The molecule has 2 aromatic carbocycles. The number of rotatable bonds is 9. The van der Waals surface area contributed by atoms with E-state index < -0.39 is 51.6 Å². The van der Waals surface area contributed by atoms with Crippen LogP contribution < -0.4 is 9.47 Å². The van der Waals surface area contributed by atoms with Gasteiger partial charge in [-0.3, -0.25) is 4.79 Å². The van der Waals surface area contributed by atoms with Gasteiger partial charge in [0, 0.05) is 39.0 Å². The van der Waals surface area contributed by atoms with E-state index >= 15 is 0 Å². The van der Waals surface area contributed by atoms with Crippen molar-refractivity contribution in [1.82, 2.24) is 4.90 Å². The molecule has 0 saturated heterocycles. The smallest absolute Gasteiger partial charge is 0.416 e. The number of carbonyl (C=O) groups is 2. The molecule has 53 heavy (non-hydrogen) atoms. The first kappa shape index (κ1) is 37.5. The molecule has 2 spiro atoms. The molecule has 2 bridgehead atoms. The summed E-state index contributed by atoms with van der Waals surface area (Å²) in [7, 11) is 3.09. The second-order valence-corrected chi connectivity index (χ2v) is 16.5. The van der Waals surface area contributed by atoms with Crippen LogP contribution in [0.3, 0.4) is 0 Å². The number of halogens is 3. The van der Waals surface area contributed by atoms with Gasteiger partial charge in [0.05, 0.1) is 51.2 Å². The van der Waals surface area contributed by atoms with Crippen LogP contribution >= 0.6 is 0 Å². The average molecular weight is 738 g/mol. The summed E-state index contributed by atoms with van der Waals surface area (Å²) in [4.78, 5) is 29.9. The highest BCUT2D eigenvalue weighted by Crippen LogP contribution is 2.78. The predicted octanol–water partition coefficient (Wildman–Crippen LogP) is 8.16. The van der Waals surface area contributed by atoms with E-state index in [1.54, 1.807) is 26.2 Å². The van der Waals surface area contributed by atoms with Crippen LogP contribution in [0.25, 0.3) is 0 Å². The molecule has 11 heteroatoms. The lowest BCUT2D eigenvalue weighted by Gasteiger charge is -2.71. The average Bonchev–Trinajstić information content (AvgIpc) is 3.40. The Bertz CT molecular complexity index is 1860. The van der Waals surface area contributed by atoms with Crippen molar-refractivity contribution in [2.24, 2.45) is 33.5 Å². The molecule has 8 rings (SSSR count). The van der Waals surface area contributed by atoms with Crippen molar-refractivity contribution in [3.63, 3.8) is 0 Å². The topological polar surface area (TPSA) is 106 Å². The van der Waals surface area contributed by atoms with Gasteiger partial charge in [-0.05, 0) is 93.4 Å². The summed E-state index contributed by atoms with van der Waals surface area (Å²) < 4.78 is 58.2. The van der Waals surface area contributed by atoms with E-state index in [9.17, 15) is 33.0 Å². The fourth-order valence-electron chi connectivity index (χ4n) is 11.5. The molecule has 0 radical (unpaired) electrons. The van der Waals surface area contributed by atoms with Gasteiger partial charge in [-0.2, -0.15) is 13.2 Å². The highest BCUT2D eigenvalue weighted by molar-refractivity contribution is 6.10. The summed E-state index contributed by atoms with van der Waals surface area (Å²) in [5.74, 6) is 0.347. The maximum atomic E-state index is 14.8. The summed E-state index contributed by atoms with van der Waals surface area (Å²) in [6.45, 7) is 6.24. The minimum Gasteiger partial charge on any atom is -0.497 e. The van der Waals surface area contributed by atoms with Gasteiger partial charge in [0.15, 0.2) is 5.78 Å². The Kier molecular flexibility index (Phi) is 9.12. The third kappa shape index (κ3) is 5.54. The number of Topliss-reactive ketones (excluding diaryl/α,β-unsaturated/α-hetero) is 1. The number of ketones is 1. The first-order valence-electron chi connectivity index (χ1n) is 18.7. The third-order valence-corrected chi connectivity index (χ3v) is 14.2. The minimum absolute atomic E-state index is 0.0305. The van der Waals surface area contributed by atoms with Gasteiger partial charge in [0.25, 0.3) is 0 Å². The van der Waals surface area contributed by atoms with Crippen LogP contribution in [0.5, 0.6) is 11.5 Å². The van der Waals surface area contributed by atoms with Crippen LogP contribution in [0.1, 0.15) is 87.2 Å². The van der Waals surface area contributed by atoms with E-state index in [-0.39, 0.29) is 42.5 Å². The zero-order chi connectivity index (χ0) is 38.2. The normalized spacial score (nSPS) is 35.4. The number of aliphatic hydroxyl groups is 2. The van der Waals surface area contributed by atoms with Crippen LogP contribution in [0.2, 0.25) is 0 Å². The fourth-order valence-corrected chi connectivity index (χ4v) is 11.5. The lowest BCUT2D eigenvalue weighted by molar-refractivity contribution is -0.175. The molecular weight excluding hydrogens is 687 g/mol. The number of ether oxygens (including phenoxy) is 3. The molecule has 3 fully saturated rings. The van der Waals surface area contributed by atoms with Crippen molar-refractivity contribution >= 4 is 11.9 Å². The second kappa shape index (κ2) is 12.9. The highest BCUT2D eigenvalue weighted by Gasteiger charge is 2.74. The number of aliphatic hydroxyl groups excluding tert-OH is 1. The van der Waals surface area contributed by atoms with Crippen molar-refractivity contribution in [3.8, 4) is 11.5 Å². The van der Waals surface area contributed by atoms with E-state index in [2.05, 4.69) is 26.0 Å². The summed E-state index contributed by atoms with van der Waals surface area (Å²) in [5.41, 5.74) is -3.77. The number of fused-ring (bicyclic) bond motifs is 1. The lowest BCUT2D eigenvalue weighted by Crippen LogP contribution is -2.67. The van der Waals surface area contributed by atoms with Gasteiger partial charge in [0.2, 0.25) is 0 Å². The molecule has 286 valence electrons. The van der Waals surface area contributed by atoms with Crippen LogP contribution in [-0.2, 0) is 17.5 Å². The standard InChI is InChI=1S/C42H50F3NO7/c1-6-53-36(49)46(24-27-10-11-30(51-4)21-32(27)52-5)25-40(50)17-14-34-38(40,3)16-13-33-37(2)15-12-29(47)22-39(37)18-19-41(33,34)31(23-39)35(48)26-8-7-9-28(20-26)42(43,44)45/h7-11,18-21,23,29,33-34,47,50H,6,12-17,22,24-25H2,1-5H3. The number of allylic oxidation sites excluding steroid dienone is 4. The number of alkyl halides is 3. The van der Waals surface area contributed by atoms with Crippen molar-refractivity contribution in [1.29, 1.82) is 0 Å². The zero-order valence-electron chi connectivity index (χ0n) is 31.1. The SMILES string of the molecule is CCOC(=O)N(Cc1ccc(OC)cc1OC)CC1(O)CCC2C34C=CC5(C=C3C(=O)c3cccc(C(F)(F)F)c3)CC(O)CCC5(C)C4CCC21C. The number of methoxy groups -OCH3 is 2. The zero-order valence-corrected chi connectivity index (χ0v) is 31.1. The van der Waals surface area contributed by atoms with Crippen molar-refractivity contribution < 1.29 is 47.2 Å². The van der Waals surface area contributed by atoms with Gasteiger partial charge in [-0.1, -0.05) is 44.2 Å². The maximum Gasteiger partial charge on any atom is 0.416 e. The van der Waals surface area contributed by atoms with E-state index in [4.69, 9.17) is 14.2 Å². The molecule has 0 aliphatic heterocycles. The largest absolute Gasteiger partial charge is 0.497 e. The van der Waals surface area contributed by atoms with E-state index in [0.29, 0.717) is 61.2 Å². The van der Waals surface area contributed by atoms with Gasteiger partial charge < -0.3 is 29.3 Å². The Labute approximate surface area is 309 Å². The van der Waals surface area contributed by atoms with Gasteiger partial charge in [-0.15, -0.1) is 0 Å². The molecule has 1 amide bonds. The third-order valence-electron chi connectivity index (χ3n) is 14.2. The van der Waals surface area contributed by atoms with Gasteiger partial charge in [0.1, 0.15) is 11.5 Å². The molecule has 3 saturated carbocycles. The van der Waals surface area contributed by atoms with Crippen molar-refractivity contribution in [2.75, 3.05) is 27.4 Å². The molecule has 0 heterocycles. The number of hydrogen-bond acceptors (Lipinski definition) is 7. The Hall–Kier alpha value is -3.83. The van der Waals surface area contributed by atoms with Crippen molar-refractivity contribution in [3.05, 3.63) is 83.0 Å². The Morgan fingerprint density at radius 1 is 0.943 bits per heavy atom. The Morgan fingerprint density at radius 2 is 1.66 bits per heavy atom. The minimum atomic E-state index is -4.62. The number of benzene rings is 2. The first-order chi connectivity index (χ1) is 25.0. The van der Waals surface area contributed by atoms with E-state index in [1.165, 1.54) is 24.1 Å². The van der Waals surface area contributed by atoms with Crippen LogP contribution in [0, 0.1) is 33.5 Å². The summed E-state index contributed by atoms with van der Waals surface area (Å²) >= 11 is 0. The second-order valence-electron chi connectivity index (χ2n) is 16.5. The number of nitrogens with zero attached hydrogens (tertiary/aromatic N) is 1. The fraction of sp³-hybridized carbons (Fsp3) is 0.571. The predicted molar refractivity (Wildman–Crippen MR) is 191 cm³/mol. The molecule has 2 aromatic rings. The van der Waals surface area contributed by atoms with E-state index in [1.807, 2.05) is 12.1 Å². The molecular formula is C42H50F3NO7. The summed E-state index contributed by atoms with van der Waals surface area (Å²) in [5, 5.41) is 23.9. The monoisotopic (exact) mass is 737 g/mol. The Balaban J connectivity index is 1.31. The number of carbonyl (C=O) groups excluding carboxylic acids is 2. The molecule has 6 aliphatic carbocycles. The van der Waals surface area contributed by atoms with E-state index in [0.717, 1.165) is 18.6 Å². The molecule has 8 unspecified atom stereocenters.